The van der Waals surface area contributed by atoms with Gasteiger partial charge in [0.1, 0.15) is 0 Å². The van der Waals surface area contributed by atoms with Gasteiger partial charge in [-0.3, -0.25) is 14.6 Å². The third-order valence-corrected chi connectivity index (χ3v) is 4.81. The van der Waals surface area contributed by atoms with Crippen molar-refractivity contribution in [1.82, 2.24) is 15.1 Å². The number of morpholine rings is 2. The van der Waals surface area contributed by atoms with Crippen LogP contribution >= 0.6 is 0 Å². The van der Waals surface area contributed by atoms with E-state index in [9.17, 15) is 4.79 Å². The molecule has 1 N–H and O–H groups in total. The van der Waals surface area contributed by atoms with Gasteiger partial charge in [0.05, 0.1) is 32.5 Å². The Morgan fingerprint density at radius 3 is 1.92 bits per heavy atom. The molecule has 1 amide bonds. The van der Waals surface area contributed by atoms with Crippen molar-refractivity contribution in [3.8, 4) is 0 Å². The predicted octanol–water partition coefficient (Wildman–Crippen LogP) is 0.758. The van der Waals surface area contributed by atoms with Gasteiger partial charge >= 0.3 is 0 Å². The third kappa shape index (κ3) is 5.78. The van der Waals surface area contributed by atoms with E-state index in [-0.39, 0.29) is 11.9 Å². The summed E-state index contributed by atoms with van der Waals surface area (Å²) in [5.74, 6) is 0.00604. The fraction of sp³-hybridized carbons (Fsp3) is 0.632. The fourth-order valence-electron chi connectivity index (χ4n) is 3.31. The monoisotopic (exact) mass is 347 g/mol. The normalized spacial score (nSPS) is 19.9. The summed E-state index contributed by atoms with van der Waals surface area (Å²) in [7, 11) is 0. The number of nitrogens with zero attached hydrogens (tertiary/aromatic N) is 2. The van der Waals surface area contributed by atoms with Crippen LogP contribution in [0.25, 0.3) is 0 Å². The summed E-state index contributed by atoms with van der Waals surface area (Å²) < 4.78 is 10.9. The van der Waals surface area contributed by atoms with Crippen LogP contribution in [0.5, 0.6) is 0 Å². The Morgan fingerprint density at radius 2 is 1.44 bits per heavy atom. The molecule has 0 bridgehead atoms. The number of carbonyl (C=O) groups is 1. The van der Waals surface area contributed by atoms with Gasteiger partial charge in [0.15, 0.2) is 0 Å². The van der Waals surface area contributed by atoms with Gasteiger partial charge in [-0.15, -0.1) is 0 Å². The SMILES string of the molecule is Cc1ccc(C(=O)NC(CN2CCOCC2)CN2CCOCC2)cc1. The number of rotatable bonds is 6. The van der Waals surface area contributed by atoms with Crippen LogP contribution in [0.3, 0.4) is 0 Å². The average molecular weight is 347 g/mol. The van der Waals surface area contributed by atoms with Crippen molar-refractivity contribution in [1.29, 1.82) is 0 Å². The molecule has 0 atom stereocenters. The van der Waals surface area contributed by atoms with E-state index in [0.717, 1.165) is 76.8 Å². The molecule has 6 heteroatoms. The number of benzene rings is 1. The average Bonchev–Trinajstić information content (AvgIpc) is 2.64. The van der Waals surface area contributed by atoms with Gasteiger partial charge in [-0.1, -0.05) is 17.7 Å². The van der Waals surface area contributed by atoms with E-state index in [2.05, 4.69) is 15.1 Å². The number of amides is 1. The lowest BCUT2D eigenvalue weighted by molar-refractivity contribution is 0.0177. The zero-order valence-electron chi connectivity index (χ0n) is 15.1. The Kier molecular flexibility index (Phi) is 6.81. The molecule has 6 nitrogen and oxygen atoms in total. The topological polar surface area (TPSA) is 54.0 Å². The zero-order valence-corrected chi connectivity index (χ0v) is 15.1. The summed E-state index contributed by atoms with van der Waals surface area (Å²) in [5, 5.41) is 3.24. The van der Waals surface area contributed by atoms with E-state index in [1.807, 2.05) is 31.2 Å². The van der Waals surface area contributed by atoms with Crippen molar-refractivity contribution >= 4 is 5.91 Å². The Labute approximate surface area is 150 Å². The second-order valence-electron chi connectivity index (χ2n) is 6.86. The minimum atomic E-state index is 0.00604. The highest BCUT2D eigenvalue weighted by atomic mass is 16.5. The molecule has 3 rings (SSSR count). The van der Waals surface area contributed by atoms with Crippen LogP contribution in [-0.4, -0.2) is 87.4 Å². The Balaban J connectivity index is 1.61. The standard InChI is InChI=1S/C19H29N3O3/c1-16-2-4-17(5-3-16)19(23)20-18(14-21-6-10-24-11-7-21)15-22-8-12-25-13-9-22/h2-5,18H,6-15H2,1H3,(H,20,23). The maximum Gasteiger partial charge on any atom is 0.251 e. The Bertz CT molecular complexity index is 517. The second kappa shape index (κ2) is 9.29. The first kappa shape index (κ1) is 18.3. The first-order chi connectivity index (χ1) is 12.2. The van der Waals surface area contributed by atoms with E-state index in [1.54, 1.807) is 0 Å². The number of hydrogen-bond donors (Lipinski definition) is 1. The van der Waals surface area contributed by atoms with Gasteiger partial charge in [-0.2, -0.15) is 0 Å². The van der Waals surface area contributed by atoms with Crippen LogP contribution in [0.1, 0.15) is 15.9 Å². The molecule has 25 heavy (non-hydrogen) atoms. The van der Waals surface area contributed by atoms with Crippen molar-refractivity contribution in [2.45, 2.75) is 13.0 Å². The van der Waals surface area contributed by atoms with Gasteiger partial charge in [0.25, 0.3) is 5.91 Å². The van der Waals surface area contributed by atoms with Gasteiger partial charge in [0.2, 0.25) is 0 Å². The van der Waals surface area contributed by atoms with Crippen molar-refractivity contribution in [2.24, 2.45) is 0 Å². The zero-order chi connectivity index (χ0) is 17.5. The highest BCUT2D eigenvalue weighted by Crippen LogP contribution is 2.07. The third-order valence-electron chi connectivity index (χ3n) is 4.81. The first-order valence-electron chi connectivity index (χ1n) is 9.18. The smallest absolute Gasteiger partial charge is 0.251 e. The quantitative estimate of drug-likeness (QED) is 0.823. The van der Waals surface area contributed by atoms with Gasteiger partial charge < -0.3 is 14.8 Å². The van der Waals surface area contributed by atoms with Crippen LogP contribution in [-0.2, 0) is 9.47 Å². The van der Waals surface area contributed by atoms with E-state index in [0.29, 0.717) is 0 Å². The largest absolute Gasteiger partial charge is 0.379 e. The van der Waals surface area contributed by atoms with Gasteiger partial charge in [-0.25, -0.2) is 0 Å². The summed E-state index contributed by atoms with van der Waals surface area (Å²) in [6, 6.07) is 7.85. The predicted molar refractivity (Wildman–Crippen MR) is 97.0 cm³/mol. The van der Waals surface area contributed by atoms with Crippen molar-refractivity contribution in [2.75, 3.05) is 65.7 Å². The summed E-state index contributed by atoms with van der Waals surface area (Å²) in [5.41, 5.74) is 1.88. The number of hydrogen-bond acceptors (Lipinski definition) is 5. The molecule has 2 heterocycles. The maximum absolute atomic E-state index is 12.7. The number of ether oxygens (including phenoxy) is 2. The minimum absolute atomic E-state index is 0.00604. The fourth-order valence-corrected chi connectivity index (χ4v) is 3.31. The molecule has 0 radical (unpaired) electrons. The molecule has 0 aromatic heterocycles. The summed E-state index contributed by atoms with van der Waals surface area (Å²) in [4.78, 5) is 17.4. The van der Waals surface area contributed by atoms with Gasteiger partial charge in [-0.05, 0) is 19.1 Å². The highest BCUT2D eigenvalue weighted by molar-refractivity contribution is 5.94. The lowest BCUT2D eigenvalue weighted by Gasteiger charge is -2.35. The number of aryl methyl sites for hydroxylation is 1. The molecule has 1 aromatic carbocycles. The molecule has 0 spiro atoms. The molecule has 138 valence electrons. The van der Waals surface area contributed by atoms with Crippen LogP contribution in [0.15, 0.2) is 24.3 Å². The second-order valence-corrected chi connectivity index (χ2v) is 6.86. The van der Waals surface area contributed by atoms with Crippen molar-refractivity contribution < 1.29 is 14.3 Å². The molecular weight excluding hydrogens is 318 g/mol. The Hall–Kier alpha value is -1.47. The van der Waals surface area contributed by atoms with Crippen molar-refractivity contribution in [3.63, 3.8) is 0 Å². The molecule has 0 unspecified atom stereocenters. The van der Waals surface area contributed by atoms with Crippen molar-refractivity contribution in [3.05, 3.63) is 35.4 Å². The summed E-state index contributed by atoms with van der Waals surface area (Å²) in [6.45, 7) is 10.6. The van der Waals surface area contributed by atoms with Crippen LogP contribution < -0.4 is 5.32 Å². The summed E-state index contributed by atoms with van der Waals surface area (Å²) in [6.07, 6.45) is 0. The van der Waals surface area contributed by atoms with Crippen LogP contribution in [0, 0.1) is 6.92 Å². The van der Waals surface area contributed by atoms with Crippen LogP contribution in [0.2, 0.25) is 0 Å². The molecule has 0 saturated carbocycles. The lowest BCUT2D eigenvalue weighted by atomic mass is 10.1. The van der Waals surface area contributed by atoms with Crippen LogP contribution in [0.4, 0.5) is 0 Å². The minimum Gasteiger partial charge on any atom is -0.379 e. The highest BCUT2D eigenvalue weighted by Gasteiger charge is 2.22. The number of nitrogens with one attached hydrogen (secondary N) is 1. The maximum atomic E-state index is 12.7. The van der Waals surface area contributed by atoms with E-state index in [4.69, 9.17) is 9.47 Å². The molecule has 2 fully saturated rings. The molecular formula is C19H29N3O3. The number of carbonyl (C=O) groups excluding carboxylic acids is 1. The van der Waals surface area contributed by atoms with E-state index < -0.39 is 0 Å². The first-order valence-corrected chi connectivity index (χ1v) is 9.18. The van der Waals surface area contributed by atoms with E-state index in [1.165, 1.54) is 0 Å². The van der Waals surface area contributed by atoms with E-state index >= 15 is 0 Å². The molecule has 2 saturated heterocycles. The molecule has 0 aliphatic carbocycles. The molecule has 2 aliphatic rings. The molecule has 1 aromatic rings. The summed E-state index contributed by atoms with van der Waals surface area (Å²) >= 11 is 0. The lowest BCUT2D eigenvalue weighted by Crippen LogP contribution is -2.53. The molecule has 2 aliphatic heterocycles. The van der Waals surface area contributed by atoms with Gasteiger partial charge in [0, 0.05) is 44.8 Å². The Morgan fingerprint density at radius 1 is 0.960 bits per heavy atom.